The number of pyridine rings is 1. The number of amides is 1. The minimum atomic E-state index is -4.30. The lowest BCUT2D eigenvalue weighted by atomic mass is 9.90. The van der Waals surface area contributed by atoms with Gasteiger partial charge >= 0.3 is 18.3 Å². The summed E-state index contributed by atoms with van der Waals surface area (Å²) >= 11 is 0. The summed E-state index contributed by atoms with van der Waals surface area (Å²) in [5.74, 6) is -6.16. The fraction of sp³-hybridized carbons (Fsp3) is 0.533. The number of alkyl halides is 4. The number of carboxylic acid groups (broad SMARTS) is 1. The summed E-state index contributed by atoms with van der Waals surface area (Å²) < 4.78 is 53.9. The van der Waals surface area contributed by atoms with Crippen LogP contribution in [0.1, 0.15) is 30.6 Å². The average Bonchev–Trinajstić information content (AvgIpc) is 2.53. The molecule has 0 aliphatic rings. The molecule has 6 nitrogen and oxygen atoms in total. The number of halogens is 4. The van der Waals surface area contributed by atoms with Gasteiger partial charge in [-0.15, -0.1) is 0 Å². The number of hydrogen-bond acceptors (Lipinski definition) is 4. The van der Waals surface area contributed by atoms with Crippen molar-refractivity contribution in [3.8, 4) is 5.88 Å². The number of aromatic nitrogens is 1. The molecule has 0 radical (unpaired) electrons. The lowest BCUT2D eigenvalue weighted by Gasteiger charge is -2.18. The van der Waals surface area contributed by atoms with Gasteiger partial charge in [0.05, 0.1) is 11.0 Å². The van der Waals surface area contributed by atoms with Crippen LogP contribution in [0.15, 0.2) is 18.3 Å². The smallest absolute Gasteiger partial charge is 0.340 e. The minimum Gasteiger partial charge on any atom is -0.481 e. The summed E-state index contributed by atoms with van der Waals surface area (Å²) in [4.78, 5) is 26.4. The fourth-order valence-corrected chi connectivity index (χ4v) is 1.53. The number of hydrogen-bond donors (Lipinski definition) is 2. The molecule has 0 aliphatic carbocycles. The van der Waals surface area contributed by atoms with Gasteiger partial charge in [-0.25, -0.2) is 13.8 Å². The maximum absolute atomic E-state index is 12.7. The van der Waals surface area contributed by atoms with Crippen molar-refractivity contribution in [2.24, 2.45) is 5.41 Å². The number of nitrogens with one attached hydrogen (secondary N) is 1. The van der Waals surface area contributed by atoms with Crippen molar-refractivity contribution in [2.45, 2.75) is 32.6 Å². The van der Waals surface area contributed by atoms with E-state index in [1.165, 1.54) is 19.9 Å². The highest BCUT2D eigenvalue weighted by molar-refractivity contribution is 5.93. The van der Waals surface area contributed by atoms with Crippen LogP contribution in [0.4, 0.5) is 17.6 Å². The summed E-state index contributed by atoms with van der Waals surface area (Å²) in [5.41, 5.74) is -0.916. The first kappa shape index (κ1) is 20.7. The van der Waals surface area contributed by atoms with Crippen LogP contribution < -0.4 is 10.1 Å². The maximum atomic E-state index is 12.7. The molecule has 1 rings (SSSR count). The molecule has 140 valence electrons. The highest BCUT2D eigenvalue weighted by Gasteiger charge is 2.41. The summed E-state index contributed by atoms with van der Waals surface area (Å²) in [6.07, 6.45) is -2.62. The Kier molecular flexibility index (Phi) is 6.71. The van der Waals surface area contributed by atoms with Gasteiger partial charge in [0.2, 0.25) is 5.88 Å². The van der Waals surface area contributed by atoms with E-state index in [9.17, 15) is 27.2 Å². The highest BCUT2D eigenvalue weighted by atomic mass is 19.3. The molecule has 0 aromatic carbocycles. The molecule has 1 amide bonds. The molecule has 0 aliphatic heterocycles. The molecule has 0 fully saturated rings. The highest BCUT2D eigenvalue weighted by Crippen LogP contribution is 2.23. The van der Waals surface area contributed by atoms with E-state index in [0.29, 0.717) is 0 Å². The molecule has 0 saturated carbocycles. The summed E-state index contributed by atoms with van der Waals surface area (Å²) in [5, 5.41) is 11.5. The van der Waals surface area contributed by atoms with E-state index >= 15 is 0 Å². The Morgan fingerprint density at radius 1 is 1.32 bits per heavy atom. The second-order valence-corrected chi connectivity index (χ2v) is 5.93. The third-order valence-corrected chi connectivity index (χ3v) is 3.34. The van der Waals surface area contributed by atoms with Crippen molar-refractivity contribution in [1.82, 2.24) is 10.3 Å². The predicted molar refractivity (Wildman–Crippen MR) is 79.1 cm³/mol. The molecule has 0 saturated heterocycles. The molecule has 10 heteroatoms. The maximum Gasteiger partial charge on any atom is 0.340 e. The second kappa shape index (κ2) is 8.13. The van der Waals surface area contributed by atoms with Gasteiger partial charge < -0.3 is 15.2 Å². The first-order valence-corrected chi connectivity index (χ1v) is 7.22. The van der Waals surface area contributed by atoms with Gasteiger partial charge in [-0.1, -0.05) is 0 Å². The van der Waals surface area contributed by atoms with Crippen LogP contribution in [0.2, 0.25) is 0 Å². The Hall–Kier alpha value is -2.39. The van der Waals surface area contributed by atoms with Crippen LogP contribution >= 0.6 is 0 Å². The van der Waals surface area contributed by atoms with Gasteiger partial charge in [0, 0.05) is 18.8 Å². The number of carboxylic acids is 1. The number of carbonyl (C=O) groups excluding carboxylic acids is 1. The zero-order valence-electron chi connectivity index (χ0n) is 13.6. The topological polar surface area (TPSA) is 88.5 Å². The molecule has 2 N–H and O–H groups in total. The van der Waals surface area contributed by atoms with Gasteiger partial charge in [-0.3, -0.25) is 9.59 Å². The van der Waals surface area contributed by atoms with E-state index in [0.717, 1.165) is 12.3 Å². The van der Waals surface area contributed by atoms with Crippen LogP contribution in [0.5, 0.6) is 5.88 Å². The van der Waals surface area contributed by atoms with Crippen molar-refractivity contribution >= 4 is 11.9 Å². The van der Waals surface area contributed by atoms with E-state index in [-0.39, 0.29) is 24.4 Å². The van der Waals surface area contributed by atoms with Crippen molar-refractivity contribution in [1.29, 1.82) is 0 Å². The van der Waals surface area contributed by atoms with Crippen LogP contribution in [0, 0.1) is 5.41 Å². The second-order valence-electron chi connectivity index (χ2n) is 5.93. The Labute approximate surface area is 141 Å². The van der Waals surface area contributed by atoms with Crippen molar-refractivity contribution < 1.29 is 37.0 Å². The largest absolute Gasteiger partial charge is 0.481 e. The zero-order chi connectivity index (χ0) is 19.3. The molecule has 0 spiro atoms. The number of nitrogens with zero attached hydrogens (tertiary/aromatic N) is 1. The van der Waals surface area contributed by atoms with Crippen molar-refractivity contribution in [3.63, 3.8) is 0 Å². The SMILES string of the molecule is CC(C)(CCNC(=O)c1ccc(OCC(F)(F)C(F)F)nc1)C(=O)O. The summed E-state index contributed by atoms with van der Waals surface area (Å²) in [6, 6.07) is 2.32. The third kappa shape index (κ3) is 6.20. The molecule has 0 bridgehead atoms. The van der Waals surface area contributed by atoms with Crippen LogP contribution in [-0.2, 0) is 4.79 Å². The van der Waals surface area contributed by atoms with E-state index in [1.54, 1.807) is 0 Å². The zero-order valence-corrected chi connectivity index (χ0v) is 13.6. The normalized spacial score (nSPS) is 12.1. The van der Waals surface area contributed by atoms with E-state index < -0.39 is 36.2 Å². The predicted octanol–water partition coefficient (Wildman–Crippen LogP) is 2.59. The minimum absolute atomic E-state index is 0.0844. The lowest BCUT2D eigenvalue weighted by molar-refractivity contribution is -0.148. The van der Waals surface area contributed by atoms with Crippen LogP contribution in [0.3, 0.4) is 0 Å². The van der Waals surface area contributed by atoms with E-state index in [1.807, 2.05) is 0 Å². The van der Waals surface area contributed by atoms with Gasteiger partial charge in [0.1, 0.15) is 0 Å². The monoisotopic (exact) mass is 366 g/mol. The van der Waals surface area contributed by atoms with Crippen molar-refractivity contribution in [3.05, 3.63) is 23.9 Å². The molecule has 0 atom stereocenters. The average molecular weight is 366 g/mol. The number of carbonyl (C=O) groups is 2. The number of aliphatic carboxylic acids is 1. The quantitative estimate of drug-likeness (QED) is 0.656. The standard InChI is InChI=1S/C15H18F4N2O4/c1-14(2,13(23)24)5-6-20-11(22)9-3-4-10(21-7-9)25-8-15(18,19)12(16)17/h3-4,7,12H,5-6,8H2,1-2H3,(H,20,22)(H,23,24). The molecular weight excluding hydrogens is 348 g/mol. The summed E-state index contributed by atoms with van der Waals surface area (Å²) in [6.45, 7) is 1.61. The van der Waals surface area contributed by atoms with Crippen LogP contribution in [0.25, 0.3) is 0 Å². The Bertz CT molecular complexity index is 606. The first-order valence-electron chi connectivity index (χ1n) is 7.22. The van der Waals surface area contributed by atoms with E-state index in [2.05, 4.69) is 15.0 Å². The first-order chi connectivity index (χ1) is 11.5. The fourth-order valence-electron chi connectivity index (χ4n) is 1.53. The molecule has 1 aromatic heterocycles. The molecule has 1 heterocycles. The van der Waals surface area contributed by atoms with Gasteiger partial charge in [0.25, 0.3) is 5.91 Å². The lowest BCUT2D eigenvalue weighted by Crippen LogP contribution is -2.34. The number of ether oxygens (including phenoxy) is 1. The molecule has 1 aromatic rings. The molecular formula is C15H18F4N2O4. The third-order valence-electron chi connectivity index (χ3n) is 3.34. The molecule has 0 unspecified atom stereocenters. The Morgan fingerprint density at radius 3 is 2.44 bits per heavy atom. The van der Waals surface area contributed by atoms with Crippen molar-refractivity contribution in [2.75, 3.05) is 13.2 Å². The number of rotatable bonds is 9. The van der Waals surface area contributed by atoms with Gasteiger partial charge in [-0.05, 0) is 26.3 Å². The van der Waals surface area contributed by atoms with Crippen LogP contribution in [-0.4, -0.2) is 47.5 Å². The van der Waals surface area contributed by atoms with Gasteiger partial charge in [0.15, 0.2) is 6.61 Å². The Morgan fingerprint density at radius 2 is 1.96 bits per heavy atom. The summed E-state index contributed by atoms with van der Waals surface area (Å²) in [7, 11) is 0. The van der Waals surface area contributed by atoms with E-state index in [4.69, 9.17) is 5.11 Å². The Balaban J connectivity index is 2.53. The molecule has 25 heavy (non-hydrogen) atoms. The van der Waals surface area contributed by atoms with Gasteiger partial charge in [-0.2, -0.15) is 8.78 Å².